The minimum atomic E-state index is -3.42. The third-order valence-corrected chi connectivity index (χ3v) is 6.40. The number of nitrogens with zero attached hydrogens (tertiary/aromatic N) is 6. The number of hydrogen-bond donors (Lipinski definition) is 0. The predicted octanol–water partition coefficient (Wildman–Crippen LogP) is 3.30. The molecule has 0 spiro atoms. The SMILES string of the molecule is Cc1nc(S(C)(=O)=O)ccc1Oc1ncnc2c1cnn2C1CCN(C(=O)OC(C)(C)C)CC1. The smallest absolute Gasteiger partial charge is 0.410 e. The van der Waals surface area contributed by atoms with E-state index < -0.39 is 15.4 Å². The van der Waals surface area contributed by atoms with Crippen molar-refractivity contribution in [1.29, 1.82) is 0 Å². The highest BCUT2D eigenvalue weighted by Gasteiger charge is 2.29. The van der Waals surface area contributed by atoms with Crippen molar-refractivity contribution in [3.63, 3.8) is 0 Å². The lowest BCUT2D eigenvalue weighted by Crippen LogP contribution is -2.42. The van der Waals surface area contributed by atoms with Crippen LogP contribution >= 0.6 is 0 Å². The van der Waals surface area contributed by atoms with Crippen LogP contribution in [-0.4, -0.2) is 69.1 Å². The second-order valence-corrected chi connectivity index (χ2v) is 11.3. The number of pyridine rings is 1. The normalized spacial score (nSPS) is 15.5. The zero-order chi connectivity index (χ0) is 24.7. The summed E-state index contributed by atoms with van der Waals surface area (Å²) in [7, 11) is -3.42. The largest absolute Gasteiger partial charge is 0.444 e. The standard InChI is InChI=1S/C22H28N6O5S/c1-14-17(6-7-18(26-14)34(5,30)31)32-20-16-12-25-28(19(16)23-13-24-20)15-8-10-27(11-9-15)21(29)33-22(2,3)4/h6-7,12-13,15H,8-11H2,1-5H3. The summed E-state index contributed by atoms with van der Waals surface area (Å²) in [5.74, 6) is 0.699. The molecule has 4 rings (SSSR count). The number of aryl methyl sites for hydroxylation is 1. The number of sulfone groups is 1. The number of piperidine rings is 1. The molecule has 3 aromatic rings. The number of hydrogen-bond acceptors (Lipinski definition) is 9. The van der Waals surface area contributed by atoms with E-state index in [4.69, 9.17) is 9.47 Å². The molecule has 1 amide bonds. The summed E-state index contributed by atoms with van der Waals surface area (Å²) >= 11 is 0. The minimum Gasteiger partial charge on any atom is -0.444 e. The third kappa shape index (κ3) is 5.11. The fourth-order valence-corrected chi connectivity index (χ4v) is 4.37. The van der Waals surface area contributed by atoms with E-state index in [-0.39, 0.29) is 17.2 Å². The molecule has 0 aliphatic carbocycles. The molecule has 0 saturated carbocycles. The second-order valence-electron chi connectivity index (χ2n) is 9.31. The number of fused-ring (bicyclic) bond motifs is 1. The van der Waals surface area contributed by atoms with Crippen LogP contribution in [-0.2, 0) is 14.6 Å². The molecule has 11 nitrogen and oxygen atoms in total. The molecule has 1 saturated heterocycles. The number of carbonyl (C=O) groups is 1. The van der Waals surface area contributed by atoms with Crippen molar-refractivity contribution in [1.82, 2.24) is 29.6 Å². The number of aromatic nitrogens is 5. The Balaban J connectivity index is 1.51. The van der Waals surface area contributed by atoms with Gasteiger partial charge in [0, 0.05) is 19.3 Å². The van der Waals surface area contributed by atoms with Crippen molar-refractivity contribution in [2.45, 2.75) is 57.2 Å². The number of likely N-dealkylation sites (tertiary alicyclic amines) is 1. The average Bonchev–Trinajstić information content (AvgIpc) is 3.18. The first kappa shape index (κ1) is 23.9. The molecule has 12 heteroatoms. The molecular weight excluding hydrogens is 460 g/mol. The molecule has 3 aromatic heterocycles. The Morgan fingerprint density at radius 2 is 1.85 bits per heavy atom. The van der Waals surface area contributed by atoms with Crippen molar-refractivity contribution < 1.29 is 22.7 Å². The molecule has 4 heterocycles. The lowest BCUT2D eigenvalue weighted by atomic mass is 10.1. The fourth-order valence-electron chi connectivity index (χ4n) is 3.75. The molecule has 0 unspecified atom stereocenters. The predicted molar refractivity (Wildman–Crippen MR) is 124 cm³/mol. The summed E-state index contributed by atoms with van der Waals surface area (Å²) in [6.07, 6.45) is 5.28. The molecule has 1 aliphatic heterocycles. The van der Waals surface area contributed by atoms with Crippen LogP contribution in [0.2, 0.25) is 0 Å². The van der Waals surface area contributed by atoms with Gasteiger partial charge in [0.05, 0.1) is 17.9 Å². The van der Waals surface area contributed by atoms with E-state index >= 15 is 0 Å². The van der Waals surface area contributed by atoms with Crippen LogP contribution in [0.4, 0.5) is 4.79 Å². The first-order valence-electron chi connectivity index (χ1n) is 10.9. The van der Waals surface area contributed by atoms with E-state index in [1.54, 1.807) is 24.1 Å². The van der Waals surface area contributed by atoms with Crippen LogP contribution in [0, 0.1) is 6.92 Å². The number of carbonyl (C=O) groups excluding carboxylic acids is 1. The van der Waals surface area contributed by atoms with Gasteiger partial charge >= 0.3 is 6.09 Å². The fraction of sp³-hybridized carbons (Fsp3) is 0.500. The highest BCUT2D eigenvalue weighted by molar-refractivity contribution is 7.90. The summed E-state index contributed by atoms with van der Waals surface area (Å²) in [6, 6.07) is 3.03. The zero-order valence-electron chi connectivity index (χ0n) is 19.8. The maximum absolute atomic E-state index is 12.3. The topological polar surface area (TPSA) is 129 Å². The summed E-state index contributed by atoms with van der Waals surface area (Å²) in [5.41, 5.74) is 0.522. The maximum Gasteiger partial charge on any atom is 0.410 e. The monoisotopic (exact) mass is 488 g/mol. The molecule has 0 radical (unpaired) electrons. The van der Waals surface area contributed by atoms with Crippen LogP contribution in [0.3, 0.4) is 0 Å². The third-order valence-electron chi connectivity index (χ3n) is 5.41. The van der Waals surface area contributed by atoms with Gasteiger partial charge in [0.1, 0.15) is 17.3 Å². The van der Waals surface area contributed by atoms with E-state index in [1.807, 2.05) is 25.5 Å². The van der Waals surface area contributed by atoms with Crippen molar-refractivity contribution in [2.75, 3.05) is 19.3 Å². The number of amides is 1. The molecule has 0 atom stereocenters. The molecule has 0 N–H and O–H groups in total. The highest BCUT2D eigenvalue weighted by Crippen LogP contribution is 2.32. The van der Waals surface area contributed by atoms with E-state index in [2.05, 4.69) is 20.1 Å². The first-order chi connectivity index (χ1) is 15.9. The lowest BCUT2D eigenvalue weighted by molar-refractivity contribution is 0.0186. The first-order valence-corrected chi connectivity index (χ1v) is 12.8. The van der Waals surface area contributed by atoms with Crippen LogP contribution in [0.5, 0.6) is 11.6 Å². The Hall–Kier alpha value is -3.28. The van der Waals surface area contributed by atoms with Crippen LogP contribution < -0.4 is 4.74 Å². The Morgan fingerprint density at radius 1 is 1.15 bits per heavy atom. The van der Waals surface area contributed by atoms with Crippen molar-refractivity contribution >= 4 is 27.0 Å². The highest BCUT2D eigenvalue weighted by atomic mass is 32.2. The van der Waals surface area contributed by atoms with Gasteiger partial charge in [0.2, 0.25) is 5.88 Å². The van der Waals surface area contributed by atoms with Crippen molar-refractivity contribution in [2.24, 2.45) is 0 Å². The Kier molecular flexibility index (Phi) is 6.19. The van der Waals surface area contributed by atoms with Crippen LogP contribution in [0.25, 0.3) is 11.0 Å². The molecule has 0 aromatic carbocycles. The average molecular weight is 489 g/mol. The van der Waals surface area contributed by atoms with Crippen LogP contribution in [0.15, 0.2) is 29.7 Å². The van der Waals surface area contributed by atoms with E-state index in [0.29, 0.717) is 54.3 Å². The van der Waals surface area contributed by atoms with Gasteiger partial charge in [-0.15, -0.1) is 0 Å². The molecular formula is C22H28N6O5S. The number of ether oxygens (including phenoxy) is 2. The Bertz CT molecular complexity index is 1320. The van der Waals surface area contributed by atoms with Gasteiger partial charge in [-0.3, -0.25) is 0 Å². The van der Waals surface area contributed by atoms with Gasteiger partial charge in [-0.25, -0.2) is 32.8 Å². The molecule has 1 fully saturated rings. The molecule has 0 bridgehead atoms. The quantitative estimate of drug-likeness (QED) is 0.543. The van der Waals surface area contributed by atoms with Crippen LogP contribution in [0.1, 0.15) is 45.3 Å². The summed E-state index contributed by atoms with van der Waals surface area (Å²) in [4.78, 5) is 26.8. The van der Waals surface area contributed by atoms with Crippen molar-refractivity contribution in [3.8, 4) is 11.6 Å². The zero-order valence-corrected chi connectivity index (χ0v) is 20.7. The van der Waals surface area contributed by atoms with E-state index in [9.17, 15) is 13.2 Å². The summed E-state index contributed by atoms with van der Waals surface area (Å²) in [5, 5.41) is 5.13. The number of rotatable bonds is 4. The lowest BCUT2D eigenvalue weighted by Gasteiger charge is -2.33. The molecule has 182 valence electrons. The Morgan fingerprint density at radius 3 is 2.47 bits per heavy atom. The van der Waals surface area contributed by atoms with E-state index in [1.165, 1.54) is 12.4 Å². The van der Waals surface area contributed by atoms with Gasteiger partial charge in [0.15, 0.2) is 26.3 Å². The van der Waals surface area contributed by atoms with Crippen molar-refractivity contribution in [3.05, 3.63) is 30.4 Å². The van der Waals surface area contributed by atoms with Gasteiger partial charge in [-0.2, -0.15) is 5.10 Å². The Labute approximate surface area is 198 Å². The van der Waals surface area contributed by atoms with E-state index in [0.717, 1.165) is 6.26 Å². The molecule has 34 heavy (non-hydrogen) atoms. The van der Waals surface area contributed by atoms with Gasteiger partial charge in [-0.1, -0.05) is 0 Å². The second kappa shape index (κ2) is 8.82. The summed E-state index contributed by atoms with van der Waals surface area (Å²) in [6.45, 7) is 8.35. The maximum atomic E-state index is 12.3. The van der Waals surface area contributed by atoms with Gasteiger partial charge in [-0.05, 0) is 52.7 Å². The molecule has 1 aliphatic rings. The minimum absolute atomic E-state index is 0.0178. The summed E-state index contributed by atoms with van der Waals surface area (Å²) < 4.78 is 36.7. The van der Waals surface area contributed by atoms with Gasteiger partial charge < -0.3 is 14.4 Å². The van der Waals surface area contributed by atoms with Gasteiger partial charge in [0.25, 0.3) is 0 Å².